The summed E-state index contributed by atoms with van der Waals surface area (Å²) in [4.78, 5) is 10.2. The summed E-state index contributed by atoms with van der Waals surface area (Å²) in [5.41, 5.74) is 0.202. The van der Waals surface area contributed by atoms with E-state index in [9.17, 15) is 13.6 Å². The molecule has 0 aliphatic rings. The Labute approximate surface area is 106 Å². The maximum absolute atomic E-state index is 13.3. The number of unbranched alkanes of at least 4 members (excludes halogenated alkanes) is 1. The molecule has 6 heteroatoms. The van der Waals surface area contributed by atoms with Gasteiger partial charge in [0.25, 0.3) is 0 Å². The van der Waals surface area contributed by atoms with Gasteiger partial charge >= 0.3 is 5.97 Å². The predicted octanol–water partition coefficient (Wildman–Crippen LogP) is 3.39. The second-order valence-corrected chi connectivity index (χ2v) is 4.38. The Balaban J connectivity index is 2.41. The highest BCUT2D eigenvalue weighted by molar-refractivity contribution is 9.10. The van der Waals surface area contributed by atoms with Gasteiger partial charge in [-0.2, -0.15) is 0 Å². The van der Waals surface area contributed by atoms with Gasteiger partial charge in [0.15, 0.2) is 0 Å². The van der Waals surface area contributed by atoms with E-state index in [1.54, 1.807) is 0 Å². The number of halogens is 3. The van der Waals surface area contributed by atoms with Crippen molar-refractivity contribution in [2.75, 3.05) is 11.9 Å². The fourth-order valence-electron chi connectivity index (χ4n) is 1.28. The molecule has 0 aliphatic carbocycles. The van der Waals surface area contributed by atoms with E-state index in [0.29, 0.717) is 19.4 Å². The molecule has 1 rings (SSSR count). The van der Waals surface area contributed by atoms with Crippen molar-refractivity contribution in [1.82, 2.24) is 0 Å². The van der Waals surface area contributed by atoms with Gasteiger partial charge in [-0.1, -0.05) is 0 Å². The van der Waals surface area contributed by atoms with Crippen molar-refractivity contribution in [3.05, 3.63) is 28.2 Å². The Morgan fingerprint density at radius 3 is 2.65 bits per heavy atom. The third-order valence-electron chi connectivity index (χ3n) is 2.14. The van der Waals surface area contributed by atoms with Gasteiger partial charge in [0.2, 0.25) is 0 Å². The Morgan fingerprint density at radius 2 is 2.00 bits per heavy atom. The van der Waals surface area contributed by atoms with Crippen LogP contribution in [0.5, 0.6) is 0 Å². The zero-order chi connectivity index (χ0) is 12.8. The van der Waals surface area contributed by atoms with E-state index in [4.69, 9.17) is 5.11 Å². The molecular weight excluding hydrogens is 296 g/mol. The molecule has 0 spiro atoms. The van der Waals surface area contributed by atoms with Crippen molar-refractivity contribution in [1.29, 1.82) is 0 Å². The zero-order valence-corrected chi connectivity index (χ0v) is 10.6. The van der Waals surface area contributed by atoms with Crippen LogP contribution < -0.4 is 5.32 Å². The van der Waals surface area contributed by atoms with Gasteiger partial charge in [-0.25, -0.2) is 8.78 Å². The first-order chi connectivity index (χ1) is 8.00. The largest absolute Gasteiger partial charge is 0.481 e. The lowest BCUT2D eigenvalue weighted by Gasteiger charge is -2.08. The SMILES string of the molecule is O=C(O)CCCCNc1cc(Br)c(F)cc1F. The highest BCUT2D eigenvalue weighted by atomic mass is 79.9. The Hall–Kier alpha value is -1.17. The lowest BCUT2D eigenvalue weighted by Crippen LogP contribution is -2.05. The lowest BCUT2D eigenvalue weighted by atomic mass is 10.2. The average molecular weight is 308 g/mol. The molecule has 94 valence electrons. The summed E-state index contributed by atoms with van der Waals surface area (Å²) in [7, 11) is 0. The molecule has 2 N–H and O–H groups in total. The van der Waals surface area contributed by atoms with Crippen LogP contribution in [-0.4, -0.2) is 17.6 Å². The normalized spacial score (nSPS) is 10.3. The molecule has 0 saturated carbocycles. The van der Waals surface area contributed by atoms with Crippen LogP contribution in [0.2, 0.25) is 0 Å². The van der Waals surface area contributed by atoms with Crippen molar-refractivity contribution >= 4 is 27.6 Å². The maximum Gasteiger partial charge on any atom is 0.303 e. The zero-order valence-electron chi connectivity index (χ0n) is 8.97. The molecule has 0 saturated heterocycles. The van der Waals surface area contributed by atoms with Gasteiger partial charge in [0, 0.05) is 19.0 Å². The minimum absolute atomic E-state index is 0.0945. The van der Waals surface area contributed by atoms with Crippen molar-refractivity contribution in [3.8, 4) is 0 Å². The molecule has 3 nitrogen and oxygen atoms in total. The van der Waals surface area contributed by atoms with Crippen LogP contribution in [0.25, 0.3) is 0 Å². The molecule has 0 radical (unpaired) electrons. The minimum atomic E-state index is -0.847. The number of aliphatic carboxylic acids is 1. The van der Waals surface area contributed by atoms with E-state index >= 15 is 0 Å². The summed E-state index contributed by atoms with van der Waals surface area (Å²) in [6.45, 7) is 0.447. The fourth-order valence-corrected chi connectivity index (χ4v) is 1.63. The molecule has 0 amide bonds. The first kappa shape index (κ1) is 13.9. The number of hydrogen-bond donors (Lipinski definition) is 2. The monoisotopic (exact) mass is 307 g/mol. The van der Waals surface area contributed by atoms with Gasteiger partial charge in [-0.15, -0.1) is 0 Å². The van der Waals surface area contributed by atoms with E-state index in [1.807, 2.05) is 0 Å². The summed E-state index contributed by atoms with van der Waals surface area (Å²) in [6, 6.07) is 2.12. The number of hydrogen-bond acceptors (Lipinski definition) is 2. The fraction of sp³-hybridized carbons (Fsp3) is 0.364. The maximum atomic E-state index is 13.3. The third-order valence-corrected chi connectivity index (χ3v) is 2.75. The second kappa shape index (κ2) is 6.54. The molecule has 0 unspecified atom stereocenters. The van der Waals surface area contributed by atoms with Crippen LogP contribution in [0.1, 0.15) is 19.3 Å². The van der Waals surface area contributed by atoms with Gasteiger partial charge in [-0.3, -0.25) is 4.79 Å². The van der Waals surface area contributed by atoms with E-state index in [-0.39, 0.29) is 16.6 Å². The van der Waals surface area contributed by atoms with Crippen LogP contribution in [-0.2, 0) is 4.79 Å². The molecule has 0 aromatic heterocycles. The number of carboxylic acids is 1. The van der Waals surface area contributed by atoms with Crippen LogP contribution in [0, 0.1) is 11.6 Å². The van der Waals surface area contributed by atoms with Gasteiger partial charge < -0.3 is 10.4 Å². The molecule has 0 bridgehead atoms. The number of carbonyl (C=O) groups is 1. The summed E-state index contributed by atoms with van der Waals surface area (Å²) in [6.07, 6.45) is 1.23. The van der Waals surface area contributed by atoms with E-state index in [2.05, 4.69) is 21.2 Å². The smallest absolute Gasteiger partial charge is 0.303 e. The van der Waals surface area contributed by atoms with Gasteiger partial charge in [0.1, 0.15) is 11.6 Å². The minimum Gasteiger partial charge on any atom is -0.481 e. The summed E-state index contributed by atoms with van der Waals surface area (Å²) in [5, 5.41) is 11.2. The standard InChI is InChI=1S/C11H12BrF2NO2/c12-7-5-10(9(14)6-8(7)13)15-4-2-1-3-11(16)17/h5-6,15H,1-4H2,(H,16,17). The quantitative estimate of drug-likeness (QED) is 0.625. The molecule has 17 heavy (non-hydrogen) atoms. The van der Waals surface area contributed by atoms with Crippen molar-refractivity contribution in [3.63, 3.8) is 0 Å². The number of rotatable bonds is 6. The van der Waals surface area contributed by atoms with Crippen molar-refractivity contribution in [2.24, 2.45) is 0 Å². The summed E-state index contributed by atoms with van der Waals surface area (Å²) >= 11 is 2.96. The number of anilines is 1. The van der Waals surface area contributed by atoms with E-state index in [1.165, 1.54) is 6.07 Å². The Bertz CT molecular complexity index is 413. The Kier molecular flexibility index (Phi) is 5.34. The van der Waals surface area contributed by atoms with Crippen LogP contribution in [0.4, 0.5) is 14.5 Å². The number of nitrogens with one attached hydrogen (secondary N) is 1. The van der Waals surface area contributed by atoms with Gasteiger partial charge in [0.05, 0.1) is 10.2 Å². The van der Waals surface area contributed by atoms with Crippen LogP contribution in [0.3, 0.4) is 0 Å². The van der Waals surface area contributed by atoms with Crippen LogP contribution >= 0.6 is 15.9 Å². The molecule has 0 aliphatic heterocycles. The molecule has 0 heterocycles. The topological polar surface area (TPSA) is 49.3 Å². The summed E-state index contributed by atoms with van der Waals surface area (Å²) < 4.78 is 26.3. The second-order valence-electron chi connectivity index (χ2n) is 3.52. The lowest BCUT2D eigenvalue weighted by molar-refractivity contribution is -0.137. The van der Waals surface area contributed by atoms with Crippen molar-refractivity contribution in [2.45, 2.75) is 19.3 Å². The van der Waals surface area contributed by atoms with E-state index < -0.39 is 17.6 Å². The molecule has 0 atom stereocenters. The first-order valence-corrected chi connectivity index (χ1v) is 5.90. The average Bonchev–Trinajstić information content (AvgIpc) is 2.24. The molecule has 0 fully saturated rings. The highest BCUT2D eigenvalue weighted by Gasteiger charge is 2.07. The van der Waals surface area contributed by atoms with E-state index in [0.717, 1.165) is 6.07 Å². The molecule has 1 aromatic rings. The van der Waals surface area contributed by atoms with Crippen LogP contribution in [0.15, 0.2) is 16.6 Å². The number of carboxylic acid groups (broad SMARTS) is 1. The highest BCUT2D eigenvalue weighted by Crippen LogP contribution is 2.23. The predicted molar refractivity (Wildman–Crippen MR) is 64.0 cm³/mol. The summed E-state index contributed by atoms with van der Waals surface area (Å²) in [5.74, 6) is -2.16. The van der Waals surface area contributed by atoms with Gasteiger partial charge in [-0.05, 0) is 34.8 Å². The first-order valence-electron chi connectivity index (χ1n) is 5.11. The molecular formula is C11H12BrF2NO2. The number of benzene rings is 1. The third kappa shape index (κ3) is 4.68. The van der Waals surface area contributed by atoms with Crippen molar-refractivity contribution < 1.29 is 18.7 Å². The Morgan fingerprint density at radius 1 is 1.29 bits per heavy atom. The molecule has 1 aromatic carbocycles.